The van der Waals surface area contributed by atoms with Gasteiger partial charge in [0.1, 0.15) is 5.75 Å². The Kier molecular flexibility index (Phi) is 8.04. The van der Waals surface area contributed by atoms with Gasteiger partial charge in [0.05, 0.1) is 25.7 Å². The fourth-order valence-electron chi connectivity index (χ4n) is 4.04. The van der Waals surface area contributed by atoms with E-state index < -0.39 is 0 Å². The van der Waals surface area contributed by atoms with E-state index in [0.717, 1.165) is 29.4 Å². The normalized spacial score (nSPS) is 13.0. The van der Waals surface area contributed by atoms with Gasteiger partial charge in [-0.3, -0.25) is 4.79 Å². The minimum absolute atomic E-state index is 0.187. The van der Waals surface area contributed by atoms with Crippen LogP contribution >= 0.6 is 0 Å². The highest BCUT2D eigenvalue weighted by Gasteiger charge is 2.31. The summed E-state index contributed by atoms with van der Waals surface area (Å²) in [5.74, 6) is 0.603. The summed E-state index contributed by atoms with van der Waals surface area (Å²) in [6.45, 7) is 13.9. The number of hydrogen-bond donors (Lipinski definition) is 0. The van der Waals surface area contributed by atoms with E-state index in [4.69, 9.17) is 4.74 Å². The molecule has 3 heteroatoms. The van der Waals surface area contributed by atoms with Crippen LogP contribution in [0.2, 0.25) is 0 Å². The number of hydrogen-bond acceptors (Lipinski definition) is 2. The van der Waals surface area contributed by atoms with Gasteiger partial charge in [0.25, 0.3) is 0 Å². The van der Waals surface area contributed by atoms with Gasteiger partial charge in [0.15, 0.2) is 0 Å². The molecule has 0 aliphatic carbocycles. The van der Waals surface area contributed by atoms with Crippen LogP contribution in [-0.2, 0) is 11.2 Å². The number of esters is 1. The molecular formula is C26H38NO2+. The number of carbonyl (C=O) groups excluding carboxylic acids is 1. The first-order valence-corrected chi connectivity index (χ1v) is 10.9. The van der Waals surface area contributed by atoms with Crippen molar-refractivity contribution in [1.29, 1.82) is 0 Å². The van der Waals surface area contributed by atoms with E-state index in [1.807, 2.05) is 6.07 Å². The molecule has 3 nitrogen and oxygen atoms in total. The monoisotopic (exact) mass is 396 g/mol. The summed E-state index contributed by atoms with van der Waals surface area (Å²) in [7, 11) is 2.35. The fourth-order valence-corrected chi connectivity index (χ4v) is 4.04. The third kappa shape index (κ3) is 5.70. The van der Waals surface area contributed by atoms with Crippen LogP contribution in [0.5, 0.6) is 5.75 Å². The highest BCUT2D eigenvalue weighted by atomic mass is 16.5. The Bertz CT molecular complexity index is 788. The predicted octanol–water partition coefficient (Wildman–Crippen LogP) is 5.96. The second kappa shape index (κ2) is 10.1. The van der Waals surface area contributed by atoms with Crippen LogP contribution < -0.4 is 4.74 Å². The molecule has 0 bridgehead atoms. The minimum atomic E-state index is -0.271. The Hall–Kier alpha value is -2.13. The van der Waals surface area contributed by atoms with Crippen LogP contribution in [0.4, 0.5) is 0 Å². The lowest BCUT2D eigenvalue weighted by atomic mass is 9.86. The number of nitrogens with zero attached hydrogens (tertiary/aromatic N) is 1. The molecule has 0 spiro atoms. The summed E-state index contributed by atoms with van der Waals surface area (Å²) in [5, 5.41) is 0. The highest BCUT2D eigenvalue weighted by molar-refractivity contribution is 5.70. The first-order chi connectivity index (χ1) is 13.7. The minimum Gasteiger partial charge on any atom is -0.426 e. The molecule has 29 heavy (non-hydrogen) atoms. The molecule has 0 unspecified atom stereocenters. The van der Waals surface area contributed by atoms with E-state index in [-0.39, 0.29) is 11.9 Å². The van der Waals surface area contributed by atoms with Crippen LogP contribution in [0.15, 0.2) is 48.5 Å². The fraction of sp³-hybridized carbons (Fsp3) is 0.500. The van der Waals surface area contributed by atoms with Crippen molar-refractivity contribution < 1.29 is 14.0 Å². The number of carbonyl (C=O) groups is 1. The number of ether oxygens (including phenoxy) is 1. The molecule has 2 aromatic carbocycles. The summed E-state index contributed by atoms with van der Waals surface area (Å²) in [6.07, 6.45) is 1.96. The van der Waals surface area contributed by atoms with Gasteiger partial charge in [-0.25, -0.2) is 0 Å². The van der Waals surface area contributed by atoms with Crippen molar-refractivity contribution in [2.45, 2.75) is 72.4 Å². The van der Waals surface area contributed by atoms with Gasteiger partial charge in [-0.1, -0.05) is 49.4 Å². The average Bonchev–Trinajstić information content (AvgIpc) is 2.69. The molecule has 0 aromatic heterocycles. The molecule has 0 N–H and O–H groups in total. The van der Waals surface area contributed by atoms with E-state index >= 15 is 0 Å². The summed E-state index contributed by atoms with van der Waals surface area (Å²) in [5.41, 5.74) is 3.65. The molecule has 0 heterocycles. The summed E-state index contributed by atoms with van der Waals surface area (Å²) in [6, 6.07) is 18.0. The molecule has 2 rings (SSSR count). The number of rotatable bonds is 9. The van der Waals surface area contributed by atoms with E-state index in [1.54, 1.807) is 0 Å². The van der Waals surface area contributed by atoms with Gasteiger partial charge >= 0.3 is 5.97 Å². The van der Waals surface area contributed by atoms with Crippen LogP contribution in [0.3, 0.4) is 0 Å². The summed E-state index contributed by atoms with van der Waals surface area (Å²) < 4.78 is 6.64. The summed E-state index contributed by atoms with van der Waals surface area (Å²) >= 11 is 0. The first-order valence-electron chi connectivity index (χ1n) is 10.9. The van der Waals surface area contributed by atoms with Gasteiger partial charge in [0, 0.05) is 24.8 Å². The van der Waals surface area contributed by atoms with Gasteiger partial charge < -0.3 is 9.22 Å². The molecule has 0 saturated carbocycles. The van der Waals surface area contributed by atoms with Gasteiger partial charge in [-0.05, 0) is 51.3 Å². The second-order valence-electron chi connectivity index (χ2n) is 8.83. The van der Waals surface area contributed by atoms with E-state index in [1.165, 1.54) is 18.1 Å². The maximum Gasteiger partial charge on any atom is 0.308 e. The van der Waals surface area contributed by atoms with Crippen molar-refractivity contribution in [3.8, 4) is 5.75 Å². The SMILES string of the molecule is CCc1ccc(OC(C)=O)c([C@H](CC[N+](C)(C(C)C)C(C)C)c2ccccc2)c1. The Labute approximate surface area is 177 Å². The van der Waals surface area contributed by atoms with Crippen LogP contribution in [0.25, 0.3) is 0 Å². The molecule has 0 amide bonds. The van der Waals surface area contributed by atoms with Crippen molar-refractivity contribution in [2.24, 2.45) is 0 Å². The molecule has 1 atom stereocenters. The number of aryl methyl sites for hydroxylation is 1. The third-order valence-electron chi connectivity index (χ3n) is 6.57. The van der Waals surface area contributed by atoms with Crippen molar-refractivity contribution in [3.05, 3.63) is 65.2 Å². The predicted molar refractivity (Wildman–Crippen MR) is 121 cm³/mol. The Morgan fingerprint density at radius 3 is 2.14 bits per heavy atom. The van der Waals surface area contributed by atoms with Crippen molar-refractivity contribution in [3.63, 3.8) is 0 Å². The van der Waals surface area contributed by atoms with E-state index in [9.17, 15) is 4.79 Å². The lowest BCUT2D eigenvalue weighted by molar-refractivity contribution is -0.949. The highest BCUT2D eigenvalue weighted by Crippen LogP contribution is 2.37. The Morgan fingerprint density at radius 1 is 1.00 bits per heavy atom. The third-order valence-corrected chi connectivity index (χ3v) is 6.57. The zero-order valence-electron chi connectivity index (χ0n) is 19.2. The van der Waals surface area contributed by atoms with Crippen molar-refractivity contribution in [1.82, 2.24) is 0 Å². The van der Waals surface area contributed by atoms with Crippen LogP contribution in [-0.4, -0.2) is 36.1 Å². The van der Waals surface area contributed by atoms with E-state index in [0.29, 0.717) is 17.8 Å². The molecule has 2 aromatic rings. The lowest BCUT2D eigenvalue weighted by Crippen LogP contribution is -2.55. The smallest absolute Gasteiger partial charge is 0.308 e. The van der Waals surface area contributed by atoms with Gasteiger partial charge in [-0.15, -0.1) is 0 Å². The Morgan fingerprint density at radius 2 is 1.62 bits per heavy atom. The second-order valence-corrected chi connectivity index (χ2v) is 8.83. The first kappa shape index (κ1) is 23.2. The Balaban J connectivity index is 2.51. The quantitative estimate of drug-likeness (QED) is 0.297. The standard InChI is InChI=1S/C26H38NO2/c1-8-22-14-15-26(29-21(6)28)25(18-22)24(23-12-10-9-11-13-23)16-17-27(7,19(2)3)20(4)5/h9-15,18-20,24H,8,16-17H2,1-7H3/q+1/t24-/m1/s1. The largest absolute Gasteiger partial charge is 0.426 e. The number of quaternary nitrogens is 1. The molecular weight excluding hydrogens is 358 g/mol. The topological polar surface area (TPSA) is 26.3 Å². The van der Waals surface area contributed by atoms with Crippen molar-refractivity contribution in [2.75, 3.05) is 13.6 Å². The average molecular weight is 397 g/mol. The van der Waals surface area contributed by atoms with Crippen LogP contribution in [0.1, 0.15) is 70.6 Å². The zero-order valence-corrected chi connectivity index (χ0v) is 19.2. The van der Waals surface area contributed by atoms with Crippen molar-refractivity contribution >= 4 is 5.97 Å². The number of benzene rings is 2. The molecule has 0 aliphatic rings. The molecule has 0 radical (unpaired) electrons. The zero-order chi connectivity index (χ0) is 21.6. The lowest BCUT2D eigenvalue weighted by Gasteiger charge is -2.43. The molecule has 158 valence electrons. The van der Waals surface area contributed by atoms with E-state index in [2.05, 4.69) is 84.1 Å². The van der Waals surface area contributed by atoms with Gasteiger partial charge in [-0.2, -0.15) is 0 Å². The molecule has 0 saturated heterocycles. The molecule has 0 fully saturated rings. The van der Waals surface area contributed by atoms with Crippen LogP contribution in [0, 0.1) is 0 Å². The molecule has 0 aliphatic heterocycles. The van der Waals surface area contributed by atoms with Gasteiger partial charge in [0.2, 0.25) is 0 Å². The maximum absolute atomic E-state index is 11.7. The maximum atomic E-state index is 11.7. The summed E-state index contributed by atoms with van der Waals surface area (Å²) in [4.78, 5) is 11.7.